The summed E-state index contributed by atoms with van der Waals surface area (Å²) in [7, 11) is 0. The third-order valence-electron chi connectivity index (χ3n) is 4.62. The fraction of sp³-hybridized carbons (Fsp3) is 1.00. The van der Waals surface area contributed by atoms with Gasteiger partial charge in [-0.2, -0.15) is 0 Å². The molecule has 0 atom stereocenters. The van der Waals surface area contributed by atoms with Crippen molar-refractivity contribution in [2.75, 3.05) is 59.0 Å². The average molecular weight is 401 g/mol. The molecule has 0 saturated heterocycles. The minimum absolute atomic E-state index is 0.522. The van der Waals surface area contributed by atoms with E-state index in [-0.39, 0.29) is 0 Å². The van der Waals surface area contributed by atoms with Gasteiger partial charge in [0.1, 0.15) is 0 Å². The SMILES string of the molecule is CC(C)NCCCN(CCNC(C)C)CCN(CCNC(C)C)CNC(C)C. The van der Waals surface area contributed by atoms with Crippen LogP contribution in [0.4, 0.5) is 0 Å². The van der Waals surface area contributed by atoms with Crippen molar-refractivity contribution in [1.29, 1.82) is 0 Å². The summed E-state index contributed by atoms with van der Waals surface area (Å²) < 4.78 is 0. The molecule has 0 rings (SSSR count). The van der Waals surface area contributed by atoms with Crippen LogP contribution in [0.3, 0.4) is 0 Å². The molecule has 0 aliphatic heterocycles. The van der Waals surface area contributed by atoms with Crippen LogP contribution >= 0.6 is 0 Å². The summed E-state index contributed by atoms with van der Waals surface area (Å²) in [5.74, 6) is 0. The Hall–Kier alpha value is -0.240. The number of hydrogen-bond acceptors (Lipinski definition) is 6. The van der Waals surface area contributed by atoms with Crippen LogP contribution in [0.5, 0.6) is 0 Å². The predicted molar refractivity (Wildman–Crippen MR) is 125 cm³/mol. The van der Waals surface area contributed by atoms with Crippen molar-refractivity contribution in [3.63, 3.8) is 0 Å². The monoisotopic (exact) mass is 400 g/mol. The van der Waals surface area contributed by atoms with Crippen molar-refractivity contribution in [2.24, 2.45) is 0 Å². The maximum Gasteiger partial charge on any atom is 0.0483 e. The second kappa shape index (κ2) is 17.6. The Kier molecular flexibility index (Phi) is 17.5. The van der Waals surface area contributed by atoms with Crippen LogP contribution in [0.1, 0.15) is 61.8 Å². The third kappa shape index (κ3) is 19.1. The number of nitrogens with zero attached hydrogens (tertiary/aromatic N) is 2. The molecule has 170 valence electrons. The topological polar surface area (TPSA) is 54.6 Å². The van der Waals surface area contributed by atoms with E-state index in [4.69, 9.17) is 0 Å². The summed E-state index contributed by atoms with van der Waals surface area (Å²) in [4.78, 5) is 5.17. The fourth-order valence-corrected chi connectivity index (χ4v) is 2.92. The quantitative estimate of drug-likeness (QED) is 0.196. The van der Waals surface area contributed by atoms with Gasteiger partial charge in [-0.1, -0.05) is 41.5 Å². The molecule has 0 aromatic rings. The Morgan fingerprint density at radius 2 is 0.893 bits per heavy atom. The maximum absolute atomic E-state index is 3.59. The van der Waals surface area contributed by atoms with E-state index in [1.807, 2.05) is 0 Å². The van der Waals surface area contributed by atoms with E-state index < -0.39 is 0 Å². The number of hydrogen-bond donors (Lipinski definition) is 4. The van der Waals surface area contributed by atoms with Gasteiger partial charge >= 0.3 is 0 Å². The molecule has 0 bridgehead atoms. The largest absolute Gasteiger partial charge is 0.314 e. The molecule has 0 aliphatic rings. The third-order valence-corrected chi connectivity index (χ3v) is 4.62. The minimum atomic E-state index is 0.522. The van der Waals surface area contributed by atoms with E-state index in [0.29, 0.717) is 24.2 Å². The zero-order chi connectivity index (χ0) is 21.4. The summed E-state index contributed by atoms with van der Waals surface area (Å²) in [6.45, 7) is 27.5. The first kappa shape index (κ1) is 27.8. The molecule has 0 unspecified atom stereocenters. The van der Waals surface area contributed by atoms with Gasteiger partial charge in [-0.05, 0) is 33.4 Å². The second-order valence-corrected chi connectivity index (χ2v) is 9.16. The van der Waals surface area contributed by atoms with Gasteiger partial charge in [0.05, 0.1) is 0 Å². The van der Waals surface area contributed by atoms with Crippen molar-refractivity contribution in [2.45, 2.75) is 86.0 Å². The van der Waals surface area contributed by atoms with E-state index in [0.717, 1.165) is 59.0 Å². The van der Waals surface area contributed by atoms with Crippen LogP contribution in [0.2, 0.25) is 0 Å². The molecule has 0 aromatic heterocycles. The molecule has 0 fully saturated rings. The van der Waals surface area contributed by atoms with Crippen LogP contribution in [0.25, 0.3) is 0 Å². The van der Waals surface area contributed by atoms with Crippen LogP contribution < -0.4 is 21.3 Å². The molecule has 0 radical (unpaired) electrons. The van der Waals surface area contributed by atoms with Gasteiger partial charge in [-0.25, -0.2) is 0 Å². The number of nitrogens with one attached hydrogen (secondary N) is 4. The lowest BCUT2D eigenvalue weighted by Crippen LogP contribution is -2.46. The molecular weight excluding hydrogens is 348 g/mol. The lowest BCUT2D eigenvalue weighted by atomic mass is 10.3. The molecular formula is C22H52N6. The molecule has 0 aromatic carbocycles. The normalized spacial score (nSPS) is 12.6. The highest BCUT2D eigenvalue weighted by Gasteiger charge is 2.10. The Morgan fingerprint density at radius 1 is 0.464 bits per heavy atom. The first-order valence-corrected chi connectivity index (χ1v) is 11.6. The van der Waals surface area contributed by atoms with Crippen LogP contribution in [0.15, 0.2) is 0 Å². The molecule has 6 heteroatoms. The van der Waals surface area contributed by atoms with E-state index in [2.05, 4.69) is 86.5 Å². The van der Waals surface area contributed by atoms with E-state index in [9.17, 15) is 0 Å². The van der Waals surface area contributed by atoms with Gasteiger partial charge in [0.2, 0.25) is 0 Å². The van der Waals surface area contributed by atoms with Gasteiger partial charge in [-0.3, -0.25) is 4.90 Å². The van der Waals surface area contributed by atoms with E-state index in [1.165, 1.54) is 6.42 Å². The zero-order valence-electron chi connectivity index (χ0n) is 20.3. The minimum Gasteiger partial charge on any atom is -0.314 e. The van der Waals surface area contributed by atoms with Gasteiger partial charge in [0.25, 0.3) is 0 Å². The Balaban J connectivity index is 4.47. The smallest absolute Gasteiger partial charge is 0.0483 e. The first-order valence-electron chi connectivity index (χ1n) is 11.6. The Bertz CT molecular complexity index is 333. The summed E-state index contributed by atoms with van der Waals surface area (Å²) in [6, 6.07) is 2.20. The van der Waals surface area contributed by atoms with Gasteiger partial charge in [0.15, 0.2) is 0 Å². The molecule has 0 saturated carbocycles. The molecule has 0 amide bonds. The van der Waals surface area contributed by atoms with Crippen LogP contribution in [0, 0.1) is 0 Å². The molecule has 0 heterocycles. The predicted octanol–water partition coefficient (Wildman–Crippen LogP) is 1.93. The summed E-state index contributed by atoms with van der Waals surface area (Å²) in [5.41, 5.74) is 0. The maximum atomic E-state index is 3.59. The van der Waals surface area contributed by atoms with Crippen LogP contribution in [-0.2, 0) is 0 Å². The summed E-state index contributed by atoms with van der Waals surface area (Å²) in [6.07, 6.45) is 1.21. The van der Waals surface area contributed by atoms with Crippen molar-refractivity contribution in [3.05, 3.63) is 0 Å². The van der Waals surface area contributed by atoms with Crippen molar-refractivity contribution < 1.29 is 0 Å². The lowest BCUT2D eigenvalue weighted by molar-refractivity contribution is 0.187. The Morgan fingerprint density at radius 3 is 1.39 bits per heavy atom. The van der Waals surface area contributed by atoms with E-state index >= 15 is 0 Å². The highest BCUT2D eigenvalue weighted by molar-refractivity contribution is 4.68. The molecule has 28 heavy (non-hydrogen) atoms. The van der Waals surface area contributed by atoms with Crippen LogP contribution in [-0.4, -0.2) is 93.0 Å². The van der Waals surface area contributed by atoms with Crippen molar-refractivity contribution >= 4 is 0 Å². The standard InChI is InChI=1S/C22H52N6/c1-19(2)23-10-9-13-27(14-11-24-20(3)4)16-17-28(18-26-22(7)8)15-12-25-21(5)6/h19-26H,9-18H2,1-8H3. The van der Waals surface area contributed by atoms with Gasteiger partial charge < -0.3 is 26.2 Å². The molecule has 6 nitrogen and oxygen atoms in total. The second-order valence-electron chi connectivity index (χ2n) is 9.16. The van der Waals surface area contributed by atoms with E-state index in [1.54, 1.807) is 0 Å². The molecule has 0 aliphatic carbocycles. The average Bonchev–Trinajstić information content (AvgIpc) is 2.58. The van der Waals surface area contributed by atoms with Gasteiger partial charge in [-0.15, -0.1) is 0 Å². The zero-order valence-corrected chi connectivity index (χ0v) is 20.3. The Labute approximate surface area is 176 Å². The molecule has 4 N–H and O–H groups in total. The first-order chi connectivity index (χ1) is 13.2. The lowest BCUT2D eigenvalue weighted by Gasteiger charge is -2.29. The highest BCUT2D eigenvalue weighted by atomic mass is 15.3. The summed E-state index contributed by atoms with van der Waals surface area (Å²) >= 11 is 0. The molecule has 0 spiro atoms. The van der Waals surface area contributed by atoms with Crippen molar-refractivity contribution in [1.82, 2.24) is 31.1 Å². The fourth-order valence-electron chi connectivity index (χ4n) is 2.92. The van der Waals surface area contributed by atoms with Crippen molar-refractivity contribution in [3.8, 4) is 0 Å². The number of rotatable bonds is 19. The highest BCUT2D eigenvalue weighted by Crippen LogP contribution is 1.96. The van der Waals surface area contributed by atoms with Gasteiger partial charge in [0, 0.05) is 70.1 Å². The summed E-state index contributed by atoms with van der Waals surface area (Å²) in [5, 5.41) is 14.2.